The minimum atomic E-state index is -1.79. The maximum Gasteiger partial charge on any atom is 0.192 e. The van der Waals surface area contributed by atoms with Crippen molar-refractivity contribution in [3.63, 3.8) is 0 Å². The summed E-state index contributed by atoms with van der Waals surface area (Å²) >= 11 is 0. The highest BCUT2D eigenvalue weighted by atomic mass is 28.4. The third kappa shape index (κ3) is 7.23. The van der Waals surface area contributed by atoms with Crippen molar-refractivity contribution in [1.29, 1.82) is 0 Å². The number of hydrogen-bond donors (Lipinski definition) is 1. The van der Waals surface area contributed by atoms with Crippen molar-refractivity contribution in [2.75, 3.05) is 0 Å². The first kappa shape index (κ1) is 32.9. The molecule has 1 N–H and O–H groups in total. The predicted octanol–water partition coefficient (Wildman–Crippen LogP) is 10.6. The lowest BCUT2D eigenvalue weighted by Gasteiger charge is -2.54. The van der Waals surface area contributed by atoms with Crippen LogP contribution in [-0.2, 0) is 4.43 Å². The Labute approximate surface area is 244 Å². The molecule has 0 heterocycles. The lowest BCUT2D eigenvalue weighted by molar-refractivity contribution is -0.144. The van der Waals surface area contributed by atoms with E-state index in [1.54, 1.807) is 0 Å². The van der Waals surface area contributed by atoms with Gasteiger partial charge >= 0.3 is 0 Å². The molecule has 0 aliphatic heterocycles. The topological polar surface area (TPSA) is 29.5 Å². The molecule has 0 aromatic carbocycles. The highest BCUT2D eigenvalue weighted by Gasteiger charge is 2.60. The van der Waals surface area contributed by atoms with E-state index in [1.807, 2.05) is 6.08 Å². The molecule has 0 saturated heterocycles. The standard InChI is InChI=1S/C36H64O2Si/c1-12-23-36(37)30(18-17-29-25-31(19-16-27(29)4)38-39(10,11)34(6,7)8)22-24-35(9)32(20-21-33(35)36)28(5)15-13-14-26(2)3/h12,17,26,28,30-33,37H,1,4,13-16,18-25H2,2-3,5-11H3/b29-17-/t28-,30-,31+,32-,33-,35-,36+/m1/s1. The zero-order chi connectivity index (χ0) is 29.2. The van der Waals surface area contributed by atoms with Gasteiger partial charge in [0, 0.05) is 6.10 Å². The van der Waals surface area contributed by atoms with Crippen molar-refractivity contribution in [2.45, 2.75) is 155 Å². The third-order valence-corrected chi connectivity index (χ3v) is 16.5. The molecule has 0 aromatic heterocycles. The summed E-state index contributed by atoms with van der Waals surface area (Å²) in [6.07, 6.45) is 18.3. The van der Waals surface area contributed by atoms with Crippen LogP contribution in [0.25, 0.3) is 0 Å². The minimum absolute atomic E-state index is 0.228. The molecule has 7 atom stereocenters. The second kappa shape index (κ2) is 12.7. The van der Waals surface area contributed by atoms with Crippen molar-refractivity contribution < 1.29 is 9.53 Å². The maximum atomic E-state index is 12.5. The molecule has 0 unspecified atom stereocenters. The number of rotatable bonds is 11. The minimum Gasteiger partial charge on any atom is -0.414 e. The Morgan fingerprint density at radius 3 is 2.41 bits per heavy atom. The van der Waals surface area contributed by atoms with E-state index in [1.165, 1.54) is 49.7 Å². The first-order valence-corrected chi connectivity index (χ1v) is 19.3. The van der Waals surface area contributed by atoms with Crippen LogP contribution < -0.4 is 0 Å². The van der Waals surface area contributed by atoms with Gasteiger partial charge in [-0.3, -0.25) is 0 Å². The van der Waals surface area contributed by atoms with Gasteiger partial charge in [0.2, 0.25) is 0 Å². The van der Waals surface area contributed by atoms with Crippen LogP contribution in [0.1, 0.15) is 126 Å². The SMILES string of the molecule is C=CC[C@]1(O)[C@H](C/C=C2/C[C@@H](O[Si](C)(C)C(C)(C)C)CCC2=C)CC[C@]2(C)[C@@H]([C@H](C)CCCC(C)C)CC[C@H]21. The van der Waals surface area contributed by atoms with Crippen molar-refractivity contribution >= 4 is 8.32 Å². The Morgan fingerprint density at radius 2 is 1.79 bits per heavy atom. The summed E-state index contributed by atoms with van der Waals surface area (Å²) in [6, 6.07) is 0. The zero-order valence-corrected chi connectivity index (χ0v) is 28.4. The summed E-state index contributed by atoms with van der Waals surface area (Å²) in [5.74, 6) is 2.94. The summed E-state index contributed by atoms with van der Waals surface area (Å²) < 4.78 is 6.83. The Bertz CT molecular complexity index is 879. The lowest BCUT2D eigenvalue weighted by Crippen LogP contribution is -2.55. The molecule has 3 aliphatic rings. The van der Waals surface area contributed by atoms with Crippen molar-refractivity contribution in [3.8, 4) is 0 Å². The molecule has 2 nitrogen and oxygen atoms in total. The number of hydrogen-bond acceptors (Lipinski definition) is 2. The van der Waals surface area contributed by atoms with E-state index in [0.717, 1.165) is 49.9 Å². The number of fused-ring (bicyclic) bond motifs is 1. The Balaban J connectivity index is 1.73. The van der Waals surface area contributed by atoms with Gasteiger partial charge in [0.05, 0.1) is 5.60 Å². The number of aliphatic hydroxyl groups is 1. The third-order valence-electron chi connectivity index (χ3n) is 11.9. The van der Waals surface area contributed by atoms with E-state index < -0.39 is 13.9 Å². The van der Waals surface area contributed by atoms with Gasteiger partial charge in [-0.05, 0) is 116 Å². The Morgan fingerprint density at radius 1 is 1.10 bits per heavy atom. The van der Waals surface area contributed by atoms with Crippen LogP contribution in [0.2, 0.25) is 18.1 Å². The molecule has 0 bridgehead atoms. The van der Waals surface area contributed by atoms with Gasteiger partial charge in [-0.1, -0.05) is 92.0 Å². The van der Waals surface area contributed by atoms with Crippen LogP contribution in [0, 0.1) is 35.0 Å². The molecule has 3 rings (SSSR count). The van der Waals surface area contributed by atoms with Crippen molar-refractivity contribution in [3.05, 3.63) is 36.5 Å². The molecule has 3 fully saturated rings. The highest BCUT2D eigenvalue weighted by Crippen LogP contribution is 2.63. The largest absolute Gasteiger partial charge is 0.414 e. The predicted molar refractivity (Wildman–Crippen MR) is 172 cm³/mol. The maximum absolute atomic E-state index is 12.5. The molecule has 224 valence electrons. The van der Waals surface area contributed by atoms with Crippen LogP contribution in [0.5, 0.6) is 0 Å². The molecule has 3 heteroatoms. The molecular weight excluding hydrogens is 492 g/mol. The van der Waals surface area contributed by atoms with Gasteiger partial charge < -0.3 is 9.53 Å². The highest BCUT2D eigenvalue weighted by molar-refractivity contribution is 6.74. The second-order valence-electron chi connectivity index (χ2n) is 16.1. The second-order valence-corrected chi connectivity index (χ2v) is 20.8. The molecule has 39 heavy (non-hydrogen) atoms. The normalized spacial score (nSPS) is 35.9. The summed E-state index contributed by atoms with van der Waals surface area (Å²) in [6.45, 7) is 30.0. The van der Waals surface area contributed by atoms with Gasteiger partial charge in [-0.2, -0.15) is 0 Å². The fraction of sp³-hybridized carbons (Fsp3) is 0.833. The van der Waals surface area contributed by atoms with E-state index in [-0.39, 0.29) is 10.5 Å². The number of allylic oxidation sites excluding steroid dienone is 2. The Kier molecular flexibility index (Phi) is 10.7. The monoisotopic (exact) mass is 556 g/mol. The van der Waals surface area contributed by atoms with Gasteiger partial charge in [0.25, 0.3) is 0 Å². The molecule has 0 radical (unpaired) electrons. The molecule has 0 spiro atoms. The van der Waals surface area contributed by atoms with E-state index in [0.29, 0.717) is 24.4 Å². The smallest absolute Gasteiger partial charge is 0.192 e. The van der Waals surface area contributed by atoms with Crippen LogP contribution in [0.4, 0.5) is 0 Å². The summed E-state index contributed by atoms with van der Waals surface area (Å²) in [7, 11) is -1.79. The summed E-state index contributed by atoms with van der Waals surface area (Å²) in [4.78, 5) is 0. The average molecular weight is 557 g/mol. The van der Waals surface area contributed by atoms with Gasteiger partial charge in [-0.25, -0.2) is 0 Å². The first-order valence-electron chi connectivity index (χ1n) is 16.4. The molecular formula is C36H64O2Si. The van der Waals surface area contributed by atoms with E-state index in [9.17, 15) is 5.11 Å². The van der Waals surface area contributed by atoms with E-state index >= 15 is 0 Å². The van der Waals surface area contributed by atoms with Crippen LogP contribution >= 0.6 is 0 Å². The average Bonchev–Trinajstić information content (AvgIpc) is 3.18. The van der Waals surface area contributed by atoms with Gasteiger partial charge in [0.15, 0.2) is 8.32 Å². The van der Waals surface area contributed by atoms with Gasteiger partial charge in [0.1, 0.15) is 0 Å². The van der Waals surface area contributed by atoms with Crippen molar-refractivity contribution in [1.82, 2.24) is 0 Å². The first-order chi connectivity index (χ1) is 18.0. The Hall–Kier alpha value is -0.643. The van der Waals surface area contributed by atoms with Gasteiger partial charge in [-0.15, -0.1) is 6.58 Å². The molecule has 0 aromatic rings. The molecule has 3 saturated carbocycles. The lowest BCUT2D eigenvalue weighted by atomic mass is 9.53. The fourth-order valence-electron chi connectivity index (χ4n) is 8.50. The van der Waals surface area contributed by atoms with Crippen LogP contribution in [0.3, 0.4) is 0 Å². The van der Waals surface area contributed by atoms with E-state index in [4.69, 9.17) is 4.43 Å². The zero-order valence-electron chi connectivity index (χ0n) is 27.4. The molecule has 3 aliphatic carbocycles. The van der Waals surface area contributed by atoms with Crippen LogP contribution in [0.15, 0.2) is 36.5 Å². The van der Waals surface area contributed by atoms with Crippen molar-refractivity contribution in [2.24, 2.45) is 35.0 Å². The summed E-state index contributed by atoms with van der Waals surface area (Å²) in [5, 5.41) is 12.7. The summed E-state index contributed by atoms with van der Waals surface area (Å²) in [5.41, 5.74) is 2.27. The van der Waals surface area contributed by atoms with Crippen LogP contribution in [-0.4, -0.2) is 25.1 Å². The van der Waals surface area contributed by atoms with E-state index in [2.05, 4.69) is 80.8 Å². The molecule has 0 amide bonds. The quantitative estimate of drug-likeness (QED) is 0.202. The fourth-order valence-corrected chi connectivity index (χ4v) is 9.89.